The fourth-order valence-electron chi connectivity index (χ4n) is 1.62. The van der Waals surface area contributed by atoms with Crippen LogP contribution >= 0.6 is 0 Å². The van der Waals surface area contributed by atoms with E-state index in [9.17, 15) is 44.3 Å². The Morgan fingerprint density at radius 3 is 1.71 bits per heavy atom. The minimum Gasteiger partial charge on any atom is -0.395 e. The second-order valence-electron chi connectivity index (χ2n) is 4.39. The molecule has 0 fully saturated rings. The number of hydrogen-bond donors (Lipinski definition) is 2. The third-order valence-corrected chi connectivity index (χ3v) is 3.69. The van der Waals surface area contributed by atoms with Crippen LogP contribution in [0.4, 0.5) is 37.8 Å². The van der Waals surface area contributed by atoms with E-state index in [0.717, 1.165) is 0 Å². The molecular formula is C10H7F6N3O4S. The van der Waals surface area contributed by atoms with Gasteiger partial charge >= 0.3 is 12.4 Å². The molecule has 0 aromatic carbocycles. The SMILES string of the molecule is CS(=O)(=O)c1c(C(=O)C(F)(F)F)nc(N)c(N)c1C(=O)C(F)(F)F. The standard InChI is InChI=1S/C10H7F6N3O4S/c1-24(22,23)5-2(6(20)9(11,12)13)3(17)8(18)19-4(5)7(21)10(14,15)16/h17H2,1H3,(H2,18,19). The second kappa shape index (κ2) is 5.61. The van der Waals surface area contributed by atoms with Crippen molar-refractivity contribution < 1.29 is 44.3 Å². The fourth-order valence-corrected chi connectivity index (χ4v) is 2.68. The number of anilines is 2. The Morgan fingerprint density at radius 2 is 1.38 bits per heavy atom. The maximum atomic E-state index is 12.6. The average molecular weight is 379 g/mol. The maximum Gasteiger partial charge on any atom is 0.456 e. The summed E-state index contributed by atoms with van der Waals surface area (Å²) in [4.78, 5) is 23.6. The van der Waals surface area contributed by atoms with E-state index in [2.05, 4.69) is 4.98 Å². The Bertz CT molecular complexity index is 828. The molecule has 1 rings (SSSR count). The van der Waals surface area contributed by atoms with Crippen molar-refractivity contribution in [1.29, 1.82) is 0 Å². The predicted molar refractivity (Wildman–Crippen MR) is 66.9 cm³/mol. The Kier molecular flexibility index (Phi) is 4.60. The molecular weight excluding hydrogens is 372 g/mol. The molecule has 0 amide bonds. The van der Waals surface area contributed by atoms with Crippen LogP contribution in [0.25, 0.3) is 0 Å². The average Bonchev–Trinajstić information content (AvgIpc) is 2.36. The molecule has 4 N–H and O–H groups in total. The molecule has 1 aromatic heterocycles. The molecule has 0 aliphatic carbocycles. The van der Waals surface area contributed by atoms with Crippen LogP contribution in [0.1, 0.15) is 20.8 Å². The number of carbonyl (C=O) groups is 2. The van der Waals surface area contributed by atoms with E-state index in [1.54, 1.807) is 0 Å². The molecule has 0 radical (unpaired) electrons. The summed E-state index contributed by atoms with van der Waals surface area (Å²) >= 11 is 0. The summed E-state index contributed by atoms with van der Waals surface area (Å²) in [5, 5.41) is 0. The molecule has 134 valence electrons. The number of nitrogen functional groups attached to an aromatic ring is 2. The van der Waals surface area contributed by atoms with Crippen LogP contribution in [0, 0.1) is 0 Å². The molecule has 1 heterocycles. The highest BCUT2D eigenvalue weighted by atomic mass is 32.2. The number of hydrogen-bond acceptors (Lipinski definition) is 7. The van der Waals surface area contributed by atoms with E-state index in [1.165, 1.54) is 0 Å². The second-order valence-corrected chi connectivity index (χ2v) is 6.34. The van der Waals surface area contributed by atoms with Gasteiger partial charge in [-0.15, -0.1) is 0 Å². The number of alkyl halides is 6. The molecule has 0 saturated heterocycles. The Balaban J connectivity index is 4.07. The van der Waals surface area contributed by atoms with Gasteiger partial charge in [0.05, 0.1) is 11.3 Å². The van der Waals surface area contributed by atoms with E-state index < -0.39 is 61.4 Å². The van der Waals surface area contributed by atoms with Crippen molar-refractivity contribution in [2.75, 3.05) is 17.7 Å². The zero-order valence-electron chi connectivity index (χ0n) is 11.4. The minimum atomic E-state index is -5.69. The van der Waals surface area contributed by atoms with Crippen LogP contribution < -0.4 is 11.5 Å². The molecule has 0 bridgehead atoms. The molecule has 0 unspecified atom stereocenters. The maximum absolute atomic E-state index is 12.6. The highest BCUT2D eigenvalue weighted by Gasteiger charge is 2.48. The first-order chi connectivity index (χ1) is 10.5. The lowest BCUT2D eigenvalue weighted by molar-refractivity contribution is -0.0893. The monoisotopic (exact) mass is 379 g/mol. The molecule has 24 heavy (non-hydrogen) atoms. The largest absolute Gasteiger partial charge is 0.456 e. The number of pyridine rings is 1. The van der Waals surface area contributed by atoms with Crippen LogP contribution in [-0.2, 0) is 9.84 Å². The van der Waals surface area contributed by atoms with E-state index in [-0.39, 0.29) is 6.26 Å². The van der Waals surface area contributed by atoms with E-state index in [0.29, 0.717) is 0 Å². The van der Waals surface area contributed by atoms with Gasteiger partial charge in [0.1, 0.15) is 16.4 Å². The molecule has 0 atom stereocenters. The first-order valence-corrected chi connectivity index (χ1v) is 7.40. The lowest BCUT2D eigenvalue weighted by Crippen LogP contribution is -2.31. The van der Waals surface area contributed by atoms with Crippen molar-refractivity contribution >= 4 is 32.9 Å². The van der Waals surface area contributed by atoms with Crippen LogP contribution in [-0.4, -0.2) is 43.6 Å². The van der Waals surface area contributed by atoms with Gasteiger partial charge in [-0.3, -0.25) is 9.59 Å². The van der Waals surface area contributed by atoms with Gasteiger partial charge in [0.2, 0.25) is 0 Å². The predicted octanol–water partition coefficient (Wildman–Crippen LogP) is 1.14. The molecule has 14 heteroatoms. The summed E-state index contributed by atoms with van der Waals surface area (Å²) in [7, 11) is -4.95. The third-order valence-electron chi connectivity index (χ3n) is 2.55. The number of ketones is 2. The minimum absolute atomic E-state index is 0.181. The number of rotatable bonds is 3. The van der Waals surface area contributed by atoms with Gasteiger partial charge < -0.3 is 11.5 Å². The molecule has 1 aromatic rings. The van der Waals surface area contributed by atoms with E-state index >= 15 is 0 Å². The summed E-state index contributed by atoms with van der Waals surface area (Å²) in [6.45, 7) is 0. The number of aromatic nitrogens is 1. The highest BCUT2D eigenvalue weighted by molar-refractivity contribution is 7.90. The van der Waals surface area contributed by atoms with Crippen molar-refractivity contribution in [3.8, 4) is 0 Å². The van der Waals surface area contributed by atoms with Crippen molar-refractivity contribution in [3.05, 3.63) is 11.3 Å². The van der Waals surface area contributed by atoms with Crippen molar-refractivity contribution in [2.24, 2.45) is 0 Å². The molecule has 0 saturated carbocycles. The lowest BCUT2D eigenvalue weighted by Gasteiger charge is -2.17. The van der Waals surface area contributed by atoms with Crippen molar-refractivity contribution in [1.82, 2.24) is 4.98 Å². The lowest BCUT2D eigenvalue weighted by atomic mass is 10.1. The summed E-state index contributed by atoms with van der Waals surface area (Å²) in [6, 6.07) is 0. The van der Waals surface area contributed by atoms with Gasteiger partial charge in [-0.25, -0.2) is 13.4 Å². The van der Waals surface area contributed by atoms with Crippen LogP contribution in [0.3, 0.4) is 0 Å². The summed E-state index contributed by atoms with van der Waals surface area (Å²) in [6.07, 6.45) is -11.2. The van der Waals surface area contributed by atoms with Gasteiger partial charge in [-0.05, 0) is 0 Å². The molecule has 7 nitrogen and oxygen atoms in total. The third kappa shape index (κ3) is 3.58. The number of halogens is 6. The highest BCUT2D eigenvalue weighted by Crippen LogP contribution is 2.36. The zero-order chi connectivity index (χ0) is 19.2. The Morgan fingerprint density at radius 1 is 0.958 bits per heavy atom. The summed E-state index contributed by atoms with van der Waals surface area (Å²) < 4.78 is 98.7. The van der Waals surface area contributed by atoms with Crippen molar-refractivity contribution in [2.45, 2.75) is 17.2 Å². The first-order valence-electron chi connectivity index (χ1n) is 5.51. The number of nitrogens with two attached hydrogens (primary N) is 2. The topological polar surface area (TPSA) is 133 Å². The smallest absolute Gasteiger partial charge is 0.395 e. The van der Waals surface area contributed by atoms with Gasteiger partial charge in [-0.1, -0.05) is 0 Å². The Labute approximate surface area is 129 Å². The summed E-state index contributed by atoms with van der Waals surface area (Å²) in [5.74, 6) is -7.01. The van der Waals surface area contributed by atoms with Gasteiger partial charge in [0.25, 0.3) is 11.6 Å². The van der Waals surface area contributed by atoms with Gasteiger partial charge in [0.15, 0.2) is 9.84 Å². The van der Waals surface area contributed by atoms with Crippen LogP contribution in [0.5, 0.6) is 0 Å². The van der Waals surface area contributed by atoms with Crippen LogP contribution in [0.2, 0.25) is 0 Å². The molecule has 0 spiro atoms. The zero-order valence-corrected chi connectivity index (χ0v) is 12.2. The normalized spacial score (nSPS) is 13.0. The van der Waals surface area contributed by atoms with E-state index in [4.69, 9.17) is 11.5 Å². The number of sulfone groups is 1. The molecule has 0 aliphatic rings. The van der Waals surface area contributed by atoms with Gasteiger partial charge in [0, 0.05) is 6.26 Å². The van der Waals surface area contributed by atoms with E-state index in [1.807, 2.05) is 0 Å². The molecule has 0 aliphatic heterocycles. The summed E-state index contributed by atoms with van der Waals surface area (Å²) in [5.41, 5.74) is 4.95. The first kappa shape index (κ1) is 19.7. The van der Waals surface area contributed by atoms with Crippen molar-refractivity contribution in [3.63, 3.8) is 0 Å². The number of Topliss-reactive ketones (excluding diaryl/α,β-unsaturated/α-hetero) is 2. The quantitative estimate of drug-likeness (QED) is 0.594. The Hall–Kier alpha value is -2.38. The number of carbonyl (C=O) groups excluding carboxylic acids is 2. The van der Waals surface area contributed by atoms with Crippen LogP contribution in [0.15, 0.2) is 4.90 Å². The van der Waals surface area contributed by atoms with Gasteiger partial charge in [-0.2, -0.15) is 26.3 Å². The number of nitrogens with zero attached hydrogens (tertiary/aromatic N) is 1. The fraction of sp³-hybridized carbons (Fsp3) is 0.300.